The Labute approximate surface area is 159 Å². The van der Waals surface area contributed by atoms with Crippen molar-refractivity contribution >= 4 is 17.5 Å². The van der Waals surface area contributed by atoms with Gasteiger partial charge in [-0.05, 0) is 62.1 Å². The van der Waals surface area contributed by atoms with E-state index in [-0.39, 0.29) is 5.91 Å². The number of aryl methyl sites for hydroxylation is 3. The maximum Gasteiger partial charge on any atom is 0.274 e. The van der Waals surface area contributed by atoms with Gasteiger partial charge in [0.2, 0.25) is 5.95 Å². The smallest absolute Gasteiger partial charge is 0.274 e. The number of rotatable bonds is 5. The van der Waals surface area contributed by atoms with Gasteiger partial charge in [-0.25, -0.2) is 9.97 Å². The van der Waals surface area contributed by atoms with E-state index < -0.39 is 0 Å². The monoisotopic (exact) mass is 360 g/mol. The summed E-state index contributed by atoms with van der Waals surface area (Å²) in [6, 6.07) is 15.7. The van der Waals surface area contributed by atoms with E-state index in [2.05, 4.69) is 39.7 Å². The summed E-state index contributed by atoms with van der Waals surface area (Å²) in [5.41, 5.74) is 6.43. The molecule has 3 rings (SSSR count). The zero-order valence-corrected chi connectivity index (χ0v) is 16.1. The molecule has 2 aromatic carbocycles. The number of anilines is 2. The molecule has 0 atom stereocenters. The largest absolute Gasteiger partial charge is 0.350 e. The molecular formula is C22H24N4O. The Morgan fingerprint density at radius 3 is 2.44 bits per heavy atom. The van der Waals surface area contributed by atoms with Gasteiger partial charge in [0.15, 0.2) is 0 Å². The van der Waals surface area contributed by atoms with Crippen LogP contribution in [0.3, 0.4) is 0 Å². The lowest BCUT2D eigenvalue weighted by Crippen LogP contribution is -2.17. The minimum Gasteiger partial charge on any atom is -0.350 e. The lowest BCUT2D eigenvalue weighted by atomic mass is 10.1. The summed E-state index contributed by atoms with van der Waals surface area (Å²) in [4.78, 5) is 21.5. The van der Waals surface area contributed by atoms with Gasteiger partial charge in [0.1, 0.15) is 5.69 Å². The van der Waals surface area contributed by atoms with Gasteiger partial charge in [0.05, 0.1) is 0 Å². The molecule has 0 bridgehead atoms. The zero-order chi connectivity index (χ0) is 19.4. The third-order valence-electron chi connectivity index (χ3n) is 4.64. The lowest BCUT2D eigenvalue weighted by Gasteiger charge is -2.12. The molecule has 0 radical (unpaired) electrons. The highest BCUT2D eigenvalue weighted by Crippen LogP contribution is 2.19. The summed E-state index contributed by atoms with van der Waals surface area (Å²) in [5.74, 6) is 0.206. The summed E-state index contributed by atoms with van der Waals surface area (Å²) in [6.45, 7) is 8.54. The van der Waals surface area contributed by atoms with Gasteiger partial charge in [-0.3, -0.25) is 4.79 Å². The number of nitrogens with one attached hydrogen (secondary N) is 2. The molecule has 1 heterocycles. The normalized spacial score (nSPS) is 10.5. The molecule has 1 aromatic heterocycles. The summed E-state index contributed by atoms with van der Waals surface area (Å²) in [7, 11) is 0. The number of aromatic nitrogens is 2. The number of amides is 1. The molecule has 0 aliphatic heterocycles. The summed E-state index contributed by atoms with van der Waals surface area (Å²) < 4.78 is 0. The highest BCUT2D eigenvalue weighted by Gasteiger charge is 2.12. The van der Waals surface area contributed by atoms with Crippen LogP contribution in [0.1, 0.15) is 38.4 Å². The van der Waals surface area contributed by atoms with Crippen molar-refractivity contribution in [3.05, 3.63) is 82.2 Å². The molecule has 27 heavy (non-hydrogen) atoms. The molecule has 0 spiro atoms. The Balaban J connectivity index is 1.77. The van der Waals surface area contributed by atoms with Gasteiger partial charge in [0.25, 0.3) is 5.91 Å². The molecule has 0 saturated heterocycles. The van der Waals surface area contributed by atoms with Crippen LogP contribution in [0.15, 0.2) is 48.5 Å². The van der Waals surface area contributed by atoms with E-state index >= 15 is 0 Å². The summed E-state index contributed by atoms with van der Waals surface area (Å²) in [6.07, 6.45) is 0. The molecule has 3 aromatic rings. The fourth-order valence-corrected chi connectivity index (χ4v) is 2.82. The Kier molecular flexibility index (Phi) is 5.50. The average Bonchev–Trinajstić information content (AvgIpc) is 2.64. The predicted octanol–water partition coefficient (Wildman–Crippen LogP) is 4.57. The first-order chi connectivity index (χ1) is 12.9. The number of hydrogen-bond donors (Lipinski definition) is 2. The zero-order valence-electron chi connectivity index (χ0n) is 16.1. The minimum atomic E-state index is -0.242. The minimum absolute atomic E-state index is 0.242. The first-order valence-corrected chi connectivity index (χ1v) is 8.95. The van der Waals surface area contributed by atoms with E-state index in [0.29, 0.717) is 18.2 Å². The van der Waals surface area contributed by atoms with Crippen LogP contribution in [-0.4, -0.2) is 15.9 Å². The van der Waals surface area contributed by atoms with Crippen molar-refractivity contribution in [2.45, 2.75) is 34.2 Å². The SMILES string of the molecule is Cc1cc(C(=O)Nc2cccc(C)c2C)nc(NCc2ccccc2C)n1. The van der Waals surface area contributed by atoms with E-state index in [9.17, 15) is 4.79 Å². The Hall–Kier alpha value is -3.21. The molecular weight excluding hydrogens is 336 g/mol. The highest BCUT2D eigenvalue weighted by atomic mass is 16.1. The Bertz CT molecular complexity index is 982. The maximum atomic E-state index is 12.7. The van der Waals surface area contributed by atoms with Crippen molar-refractivity contribution in [3.8, 4) is 0 Å². The highest BCUT2D eigenvalue weighted by molar-refractivity contribution is 6.03. The number of nitrogens with zero attached hydrogens (tertiary/aromatic N) is 2. The van der Waals surface area contributed by atoms with Crippen molar-refractivity contribution < 1.29 is 4.79 Å². The fraction of sp³-hybridized carbons (Fsp3) is 0.227. The molecule has 0 fully saturated rings. The molecule has 5 nitrogen and oxygen atoms in total. The van der Waals surface area contributed by atoms with Crippen LogP contribution in [0.5, 0.6) is 0 Å². The van der Waals surface area contributed by atoms with Gasteiger partial charge in [-0.1, -0.05) is 36.4 Å². The molecule has 0 unspecified atom stereocenters. The Morgan fingerprint density at radius 2 is 1.67 bits per heavy atom. The standard InChI is InChI=1S/C22H24N4O/c1-14-9-7-11-19(17(14)4)25-21(27)20-12-16(3)24-22(26-20)23-13-18-10-6-5-8-15(18)2/h5-12H,13H2,1-4H3,(H,25,27)(H,23,24,26). The molecule has 1 amide bonds. The molecule has 5 heteroatoms. The van der Waals surface area contributed by atoms with E-state index in [1.54, 1.807) is 6.07 Å². The van der Waals surface area contributed by atoms with Crippen molar-refractivity contribution in [3.63, 3.8) is 0 Å². The second-order valence-electron chi connectivity index (χ2n) is 6.70. The van der Waals surface area contributed by atoms with E-state index in [1.165, 1.54) is 11.1 Å². The first kappa shape index (κ1) is 18.6. The third-order valence-corrected chi connectivity index (χ3v) is 4.64. The maximum absolute atomic E-state index is 12.7. The summed E-state index contributed by atoms with van der Waals surface area (Å²) >= 11 is 0. The van der Waals surface area contributed by atoms with E-state index in [4.69, 9.17) is 0 Å². The van der Waals surface area contributed by atoms with E-state index in [1.807, 2.05) is 51.1 Å². The molecule has 0 saturated carbocycles. The average molecular weight is 360 g/mol. The van der Waals surface area contributed by atoms with Crippen LogP contribution < -0.4 is 10.6 Å². The summed E-state index contributed by atoms with van der Waals surface area (Å²) in [5, 5.41) is 6.17. The van der Waals surface area contributed by atoms with Crippen molar-refractivity contribution in [2.75, 3.05) is 10.6 Å². The number of hydrogen-bond acceptors (Lipinski definition) is 4. The topological polar surface area (TPSA) is 66.9 Å². The van der Waals surface area contributed by atoms with Gasteiger partial charge < -0.3 is 10.6 Å². The van der Waals surface area contributed by atoms with Gasteiger partial charge in [0, 0.05) is 17.9 Å². The molecule has 138 valence electrons. The van der Waals surface area contributed by atoms with Gasteiger partial charge >= 0.3 is 0 Å². The van der Waals surface area contributed by atoms with Gasteiger partial charge in [-0.15, -0.1) is 0 Å². The van der Waals surface area contributed by atoms with Crippen LogP contribution in [0.2, 0.25) is 0 Å². The first-order valence-electron chi connectivity index (χ1n) is 8.95. The molecule has 0 aliphatic rings. The van der Waals surface area contributed by atoms with Crippen LogP contribution in [0, 0.1) is 27.7 Å². The van der Waals surface area contributed by atoms with Crippen LogP contribution in [0.25, 0.3) is 0 Å². The molecule has 2 N–H and O–H groups in total. The van der Waals surface area contributed by atoms with Crippen LogP contribution >= 0.6 is 0 Å². The lowest BCUT2D eigenvalue weighted by molar-refractivity contribution is 0.102. The second-order valence-corrected chi connectivity index (χ2v) is 6.70. The van der Waals surface area contributed by atoms with Crippen molar-refractivity contribution in [1.82, 2.24) is 9.97 Å². The number of carbonyl (C=O) groups is 1. The van der Waals surface area contributed by atoms with Crippen molar-refractivity contribution in [2.24, 2.45) is 0 Å². The Morgan fingerprint density at radius 1 is 0.926 bits per heavy atom. The molecule has 0 aliphatic carbocycles. The number of benzene rings is 2. The third kappa shape index (κ3) is 4.50. The number of carbonyl (C=O) groups excluding carboxylic acids is 1. The van der Waals surface area contributed by atoms with Crippen LogP contribution in [0.4, 0.5) is 11.6 Å². The second kappa shape index (κ2) is 7.99. The predicted molar refractivity (Wildman–Crippen MR) is 109 cm³/mol. The quantitative estimate of drug-likeness (QED) is 0.699. The van der Waals surface area contributed by atoms with Gasteiger partial charge in [-0.2, -0.15) is 0 Å². The van der Waals surface area contributed by atoms with Crippen molar-refractivity contribution in [1.29, 1.82) is 0 Å². The van der Waals surface area contributed by atoms with E-state index in [0.717, 1.165) is 22.5 Å². The fourth-order valence-electron chi connectivity index (χ4n) is 2.82. The van der Waals surface area contributed by atoms with Crippen LogP contribution in [-0.2, 0) is 6.54 Å².